The molecule has 0 aliphatic carbocycles. The molecule has 0 spiro atoms. The van der Waals surface area contributed by atoms with Crippen molar-refractivity contribution in [3.05, 3.63) is 64.7 Å². The van der Waals surface area contributed by atoms with E-state index in [9.17, 15) is 13.2 Å². The van der Waals surface area contributed by atoms with Crippen LogP contribution in [0.2, 0.25) is 0 Å². The molecule has 0 aliphatic heterocycles. The van der Waals surface area contributed by atoms with Gasteiger partial charge in [-0.05, 0) is 30.7 Å². The first-order chi connectivity index (χ1) is 14.9. The van der Waals surface area contributed by atoms with Gasteiger partial charge in [-0.3, -0.25) is 4.79 Å². The number of hydrogen-bond acceptors (Lipinski definition) is 8. The molecule has 3 aromatic heterocycles. The maximum atomic E-state index is 12.6. The number of carbonyl (C=O) groups is 1. The van der Waals surface area contributed by atoms with Crippen molar-refractivity contribution in [2.24, 2.45) is 0 Å². The molecule has 4 rings (SSSR count). The van der Waals surface area contributed by atoms with Gasteiger partial charge in [-0.25, -0.2) is 27.8 Å². The van der Waals surface area contributed by atoms with E-state index in [1.165, 1.54) is 29.4 Å². The van der Waals surface area contributed by atoms with Gasteiger partial charge in [0.25, 0.3) is 0 Å². The molecular weight excluding hydrogens is 454 g/mol. The van der Waals surface area contributed by atoms with Gasteiger partial charge in [-0.15, -0.1) is 11.3 Å². The number of aromatic nitrogens is 4. The molecule has 0 saturated carbocycles. The summed E-state index contributed by atoms with van der Waals surface area (Å²) in [4.78, 5) is 22.9. The van der Waals surface area contributed by atoms with Crippen molar-refractivity contribution in [1.82, 2.24) is 24.5 Å². The van der Waals surface area contributed by atoms with Crippen LogP contribution < -0.4 is 4.72 Å². The number of hydrogen-bond donors (Lipinski definition) is 1. The van der Waals surface area contributed by atoms with Gasteiger partial charge in [-0.2, -0.15) is 5.10 Å². The van der Waals surface area contributed by atoms with E-state index in [1.807, 2.05) is 36.4 Å². The van der Waals surface area contributed by atoms with Gasteiger partial charge < -0.3 is 0 Å². The maximum Gasteiger partial charge on any atom is 0.208 e. The molecule has 0 fully saturated rings. The number of nitrogens with zero attached hydrogens (tertiary/aromatic N) is 4. The lowest BCUT2D eigenvalue weighted by Crippen LogP contribution is -2.23. The predicted octanol–water partition coefficient (Wildman–Crippen LogP) is 2.94. The highest BCUT2D eigenvalue weighted by molar-refractivity contribution is 8.00. The zero-order valence-corrected chi connectivity index (χ0v) is 19.0. The van der Waals surface area contributed by atoms with Crippen LogP contribution in [0.4, 0.5) is 0 Å². The Labute approximate surface area is 187 Å². The Hall–Kier alpha value is -2.60. The molecule has 8 nitrogen and oxygen atoms in total. The van der Waals surface area contributed by atoms with Gasteiger partial charge in [0.05, 0.1) is 34.2 Å². The number of thioether (sulfide) groups is 1. The highest BCUT2D eigenvalue weighted by Crippen LogP contribution is 2.27. The van der Waals surface area contributed by atoms with E-state index in [1.54, 1.807) is 16.9 Å². The van der Waals surface area contributed by atoms with Crippen LogP contribution in [0.5, 0.6) is 0 Å². The molecule has 11 heteroatoms. The highest BCUT2D eigenvalue weighted by Gasteiger charge is 2.15. The molecular formula is C20H19N5O3S3. The Balaban J connectivity index is 1.43. The smallest absolute Gasteiger partial charge is 0.208 e. The largest absolute Gasteiger partial charge is 0.292 e. The zero-order valence-electron chi connectivity index (χ0n) is 16.6. The molecule has 0 saturated heterocycles. The summed E-state index contributed by atoms with van der Waals surface area (Å²) in [5.74, 6) is 0.240. The fourth-order valence-corrected chi connectivity index (χ4v) is 5.28. The lowest BCUT2D eigenvalue weighted by Gasteiger charge is -2.03. The molecule has 0 amide bonds. The summed E-state index contributed by atoms with van der Waals surface area (Å²) in [7, 11) is -3.21. The van der Waals surface area contributed by atoms with E-state index in [4.69, 9.17) is 0 Å². The van der Waals surface area contributed by atoms with Crippen molar-refractivity contribution < 1.29 is 13.2 Å². The highest BCUT2D eigenvalue weighted by atomic mass is 32.2. The number of para-hydroxylation sites is 1. The van der Waals surface area contributed by atoms with Crippen molar-refractivity contribution in [3.63, 3.8) is 0 Å². The standard InChI is InChI=1S/C20H19N5O3S3/c1-31(27,28)24-10-9-15-7-8-18(30-15)17(26)12-29-20-16-11-23-25(19(16)21-13-22-20)14-5-3-2-4-6-14/h2-8,11,13,24H,9-10,12H2,1H3. The quantitative estimate of drug-likeness (QED) is 0.226. The van der Waals surface area contributed by atoms with Crippen molar-refractivity contribution in [1.29, 1.82) is 0 Å². The van der Waals surface area contributed by atoms with Crippen molar-refractivity contribution >= 4 is 49.9 Å². The number of benzene rings is 1. The molecule has 31 heavy (non-hydrogen) atoms. The van der Waals surface area contributed by atoms with Crippen molar-refractivity contribution in [2.45, 2.75) is 11.4 Å². The lowest BCUT2D eigenvalue weighted by atomic mass is 10.3. The van der Waals surface area contributed by atoms with E-state index < -0.39 is 10.0 Å². The van der Waals surface area contributed by atoms with Crippen LogP contribution in [0.3, 0.4) is 0 Å². The summed E-state index contributed by atoms with van der Waals surface area (Å²) in [6.45, 7) is 0.312. The zero-order chi connectivity index (χ0) is 21.8. The van der Waals surface area contributed by atoms with Crippen LogP contribution in [0, 0.1) is 0 Å². The number of ketones is 1. The second-order valence-electron chi connectivity index (χ2n) is 6.70. The Bertz CT molecular complexity index is 1320. The van der Waals surface area contributed by atoms with Crippen LogP contribution in [0.15, 0.2) is 60.0 Å². The molecule has 1 aromatic carbocycles. The van der Waals surface area contributed by atoms with Gasteiger partial charge in [0.15, 0.2) is 11.4 Å². The van der Waals surface area contributed by atoms with Crippen LogP contribution in [-0.2, 0) is 16.4 Å². The summed E-state index contributed by atoms with van der Waals surface area (Å²) in [5.41, 5.74) is 1.59. The fourth-order valence-electron chi connectivity index (χ4n) is 2.92. The maximum absolute atomic E-state index is 12.6. The Kier molecular flexibility index (Phi) is 6.46. The van der Waals surface area contributed by atoms with Gasteiger partial charge >= 0.3 is 0 Å². The second-order valence-corrected chi connectivity index (χ2v) is 10.7. The minimum absolute atomic E-state index is 0.000430. The molecule has 160 valence electrons. The summed E-state index contributed by atoms with van der Waals surface area (Å²) >= 11 is 2.74. The molecule has 1 N–H and O–H groups in total. The molecule has 0 radical (unpaired) electrons. The molecule has 4 aromatic rings. The number of Topliss-reactive ketones (excluding diaryl/α,β-unsaturated/α-hetero) is 1. The third kappa shape index (κ3) is 5.37. The Morgan fingerprint density at radius 2 is 1.97 bits per heavy atom. The lowest BCUT2D eigenvalue weighted by molar-refractivity contribution is 0.102. The number of fused-ring (bicyclic) bond motifs is 1. The summed E-state index contributed by atoms with van der Waals surface area (Å²) in [6, 6.07) is 13.4. The first kappa shape index (κ1) is 21.6. The number of sulfonamides is 1. The number of carbonyl (C=O) groups excluding carboxylic acids is 1. The molecule has 0 unspecified atom stereocenters. The van der Waals surface area contributed by atoms with Gasteiger partial charge in [-0.1, -0.05) is 30.0 Å². The summed E-state index contributed by atoms with van der Waals surface area (Å²) < 4.78 is 26.5. The van der Waals surface area contributed by atoms with Gasteiger partial charge in [0, 0.05) is 11.4 Å². The van der Waals surface area contributed by atoms with Gasteiger partial charge in [0.2, 0.25) is 10.0 Å². The fraction of sp³-hybridized carbons (Fsp3) is 0.200. The van der Waals surface area contributed by atoms with E-state index in [2.05, 4.69) is 19.8 Å². The predicted molar refractivity (Wildman–Crippen MR) is 123 cm³/mol. The SMILES string of the molecule is CS(=O)(=O)NCCc1ccc(C(=O)CSc2ncnc3c2cnn3-c2ccccc2)s1. The first-order valence-corrected chi connectivity index (χ1v) is 13.0. The minimum Gasteiger partial charge on any atom is -0.292 e. The molecule has 0 aliphatic rings. The number of thiophene rings is 1. The van der Waals surface area contributed by atoms with E-state index in [-0.39, 0.29) is 11.5 Å². The number of nitrogens with one attached hydrogen (secondary N) is 1. The third-order valence-corrected chi connectivity index (χ3v) is 7.26. The topological polar surface area (TPSA) is 107 Å². The molecule has 0 atom stereocenters. The third-order valence-electron chi connectivity index (χ3n) is 4.34. The Morgan fingerprint density at radius 3 is 2.74 bits per heavy atom. The van der Waals surface area contributed by atoms with Crippen LogP contribution >= 0.6 is 23.1 Å². The number of rotatable bonds is 9. The normalized spacial score (nSPS) is 11.8. The van der Waals surface area contributed by atoms with Crippen LogP contribution in [-0.4, -0.2) is 52.5 Å². The van der Waals surface area contributed by atoms with E-state index in [0.717, 1.165) is 22.2 Å². The minimum atomic E-state index is -3.21. The summed E-state index contributed by atoms with van der Waals surface area (Å²) in [6.07, 6.45) is 4.87. The van der Waals surface area contributed by atoms with Gasteiger partial charge in [0.1, 0.15) is 11.4 Å². The van der Waals surface area contributed by atoms with Crippen LogP contribution in [0.25, 0.3) is 16.7 Å². The van der Waals surface area contributed by atoms with Crippen molar-refractivity contribution in [3.8, 4) is 5.69 Å². The Morgan fingerprint density at radius 1 is 1.16 bits per heavy atom. The molecule has 3 heterocycles. The second kappa shape index (κ2) is 9.27. The van der Waals surface area contributed by atoms with E-state index in [0.29, 0.717) is 28.5 Å². The first-order valence-electron chi connectivity index (χ1n) is 9.34. The van der Waals surface area contributed by atoms with Crippen LogP contribution in [0.1, 0.15) is 14.5 Å². The average molecular weight is 474 g/mol. The monoisotopic (exact) mass is 473 g/mol. The van der Waals surface area contributed by atoms with Crippen molar-refractivity contribution in [2.75, 3.05) is 18.6 Å². The average Bonchev–Trinajstić information content (AvgIpc) is 3.39. The molecule has 0 bridgehead atoms. The summed E-state index contributed by atoms with van der Waals surface area (Å²) in [5, 5.41) is 5.93. The van der Waals surface area contributed by atoms with E-state index >= 15 is 0 Å².